The number of fused-ring (bicyclic) bond motifs is 2. The lowest BCUT2D eigenvalue weighted by Crippen LogP contribution is -2.53. The predicted molar refractivity (Wildman–Crippen MR) is 77.9 cm³/mol. The SMILES string of the molecule is C[C@H](N)C1=N[C@@]2(c3ccccc3Cl)CCC[C@@H](O1)C2=O. The molecule has 20 heavy (non-hydrogen) atoms. The fraction of sp³-hybridized carbons (Fsp3) is 0.467. The number of aliphatic imine (C=N–C) groups is 1. The molecule has 0 saturated heterocycles. The number of hydrogen-bond donors (Lipinski definition) is 1. The first-order valence-electron chi connectivity index (χ1n) is 6.86. The van der Waals surface area contributed by atoms with Gasteiger partial charge in [0.05, 0.1) is 6.04 Å². The highest BCUT2D eigenvalue weighted by atomic mass is 35.5. The van der Waals surface area contributed by atoms with Crippen molar-refractivity contribution >= 4 is 23.3 Å². The van der Waals surface area contributed by atoms with Crippen molar-refractivity contribution in [2.45, 2.75) is 43.9 Å². The van der Waals surface area contributed by atoms with Gasteiger partial charge >= 0.3 is 0 Å². The van der Waals surface area contributed by atoms with Gasteiger partial charge in [-0.1, -0.05) is 29.8 Å². The molecule has 0 radical (unpaired) electrons. The van der Waals surface area contributed by atoms with Crippen LogP contribution in [0, 0.1) is 0 Å². The summed E-state index contributed by atoms with van der Waals surface area (Å²) >= 11 is 6.30. The Morgan fingerprint density at radius 1 is 1.50 bits per heavy atom. The molecule has 2 bridgehead atoms. The van der Waals surface area contributed by atoms with E-state index in [4.69, 9.17) is 22.1 Å². The highest BCUT2D eigenvalue weighted by Crippen LogP contribution is 2.44. The lowest BCUT2D eigenvalue weighted by atomic mass is 9.74. The second-order valence-electron chi connectivity index (χ2n) is 5.44. The minimum Gasteiger partial charge on any atom is -0.468 e. The van der Waals surface area contributed by atoms with Crippen LogP contribution >= 0.6 is 11.6 Å². The maximum Gasteiger partial charge on any atom is 0.205 e. The van der Waals surface area contributed by atoms with Crippen LogP contribution in [0.25, 0.3) is 0 Å². The van der Waals surface area contributed by atoms with Crippen molar-refractivity contribution in [2.75, 3.05) is 0 Å². The second kappa shape index (κ2) is 4.86. The molecule has 1 aromatic carbocycles. The summed E-state index contributed by atoms with van der Waals surface area (Å²) < 4.78 is 5.65. The average Bonchev–Trinajstić information content (AvgIpc) is 2.39. The smallest absolute Gasteiger partial charge is 0.205 e. The van der Waals surface area contributed by atoms with Gasteiger partial charge in [0.2, 0.25) is 11.7 Å². The van der Waals surface area contributed by atoms with Gasteiger partial charge in [0.15, 0.2) is 11.6 Å². The van der Waals surface area contributed by atoms with Crippen molar-refractivity contribution in [1.82, 2.24) is 0 Å². The van der Waals surface area contributed by atoms with Crippen molar-refractivity contribution < 1.29 is 9.53 Å². The molecule has 0 unspecified atom stereocenters. The number of nitrogens with zero attached hydrogens (tertiary/aromatic N) is 1. The van der Waals surface area contributed by atoms with Gasteiger partial charge < -0.3 is 10.5 Å². The monoisotopic (exact) mass is 292 g/mol. The third-order valence-electron chi connectivity index (χ3n) is 3.98. The minimum atomic E-state index is -0.914. The molecule has 0 amide bonds. The number of ether oxygens (including phenoxy) is 1. The molecule has 1 heterocycles. The van der Waals surface area contributed by atoms with Crippen molar-refractivity contribution in [3.63, 3.8) is 0 Å². The standard InChI is InChI=1S/C15H17ClN2O2/c1-9(17)14-18-15(10-5-2-3-6-11(10)16)8-4-7-12(20-14)13(15)19/h2-3,5-6,9,12H,4,7-8,17H2,1H3/t9-,12+,15+/m0/s1. The molecule has 106 valence electrons. The Morgan fingerprint density at radius 3 is 2.95 bits per heavy atom. The minimum absolute atomic E-state index is 0.00116. The lowest BCUT2D eigenvalue weighted by molar-refractivity contribution is -0.137. The Bertz CT molecular complexity index is 585. The molecule has 2 aliphatic rings. The van der Waals surface area contributed by atoms with Crippen LogP contribution in [0.1, 0.15) is 31.7 Å². The molecular formula is C15H17ClN2O2. The quantitative estimate of drug-likeness (QED) is 0.910. The van der Waals surface area contributed by atoms with Crippen molar-refractivity contribution in [2.24, 2.45) is 10.7 Å². The fourth-order valence-corrected chi connectivity index (χ4v) is 3.27. The van der Waals surface area contributed by atoms with Gasteiger partial charge in [-0.15, -0.1) is 0 Å². The number of ketones is 1. The molecule has 1 aromatic rings. The van der Waals surface area contributed by atoms with Gasteiger partial charge in [0, 0.05) is 10.6 Å². The molecule has 1 saturated carbocycles. The van der Waals surface area contributed by atoms with Crippen molar-refractivity contribution in [3.05, 3.63) is 34.9 Å². The van der Waals surface area contributed by atoms with E-state index in [1.165, 1.54) is 0 Å². The molecule has 1 fully saturated rings. The summed E-state index contributed by atoms with van der Waals surface area (Å²) in [5.74, 6) is 0.454. The number of Topliss-reactive ketones (excluding diaryl/α,β-unsaturated/α-hetero) is 1. The summed E-state index contributed by atoms with van der Waals surface area (Å²) in [7, 11) is 0. The van der Waals surface area contributed by atoms with Crippen LogP contribution < -0.4 is 5.73 Å². The van der Waals surface area contributed by atoms with Gasteiger partial charge in [-0.2, -0.15) is 0 Å². The van der Waals surface area contributed by atoms with E-state index in [1.807, 2.05) is 25.1 Å². The number of rotatable bonds is 2. The van der Waals surface area contributed by atoms with E-state index in [1.54, 1.807) is 6.07 Å². The summed E-state index contributed by atoms with van der Waals surface area (Å²) in [6, 6.07) is 7.06. The first kappa shape index (κ1) is 13.6. The third kappa shape index (κ3) is 1.95. The number of carbonyl (C=O) groups is 1. The lowest BCUT2D eigenvalue weighted by Gasteiger charge is -2.42. The van der Waals surface area contributed by atoms with E-state index < -0.39 is 11.6 Å². The normalized spacial score (nSPS) is 30.4. The molecule has 1 aliphatic carbocycles. The van der Waals surface area contributed by atoms with Crippen LogP contribution in [0.4, 0.5) is 0 Å². The molecule has 3 rings (SSSR count). The largest absolute Gasteiger partial charge is 0.468 e. The molecule has 0 aromatic heterocycles. The molecule has 2 N–H and O–H groups in total. The topological polar surface area (TPSA) is 64.7 Å². The number of carbonyl (C=O) groups excluding carboxylic acids is 1. The summed E-state index contributed by atoms with van der Waals surface area (Å²) in [6.45, 7) is 1.81. The summed E-state index contributed by atoms with van der Waals surface area (Å²) in [6.07, 6.45) is 1.82. The Hall–Kier alpha value is -1.39. The summed E-state index contributed by atoms with van der Waals surface area (Å²) in [5.41, 5.74) is 5.74. The number of halogens is 1. The van der Waals surface area contributed by atoms with E-state index in [0.717, 1.165) is 18.4 Å². The highest BCUT2D eigenvalue weighted by molar-refractivity contribution is 6.32. The van der Waals surface area contributed by atoms with Gasteiger partial charge in [-0.3, -0.25) is 4.79 Å². The molecular weight excluding hydrogens is 276 g/mol. The highest BCUT2D eigenvalue weighted by Gasteiger charge is 2.51. The fourth-order valence-electron chi connectivity index (χ4n) is 2.98. The number of benzene rings is 1. The van der Waals surface area contributed by atoms with Crippen LogP contribution in [0.5, 0.6) is 0 Å². The van der Waals surface area contributed by atoms with Crippen LogP contribution in [-0.4, -0.2) is 23.8 Å². The predicted octanol–water partition coefficient (Wildman–Crippen LogP) is 2.43. The zero-order chi connectivity index (χ0) is 14.3. The number of hydrogen-bond acceptors (Lipinski definition) is 4. The molecule has 3 atom stereocenters. The van der Waals surface area contributed by atoms with E-state index in [2.05, 4.69) is 4.99 Å². The summed E-state index contributed by atoms with van der Waals surface area (Å²) in [4.78, 5) is 17.3. The van der Waals surface area contributed by atoms with Gasteiger partial charge in [-0.05, 0) is 32.3 Å². The van der Waals surface area contributed by atoms with Crippen molar-refractivity contribution in [3.8, 4) is 0 Å². The van der Waals surface area contributed by atoms with E-state index in [-0.39, 0.29) is 11.8 Å². The summed E-state index contributed by atoms with van der Waals surface area (Å²) in [5, 5.41) is 0.566. The van der Waals surface area contributed by atoms with Crippen molar-refractivity contribution in [1.29, 1.82) is 0 Å². The van der Waals surface area contributed by atoms with Crippen LogP contribution in [-0.2, 0) is 15.1 Å². The maximum absolute atomic E-state index is 12.7. The molecule has 4 nitrogen and oxygen atoms in total. The Morgan fingerprint density at radius 2 is 2.25 bits per heavy atom. The zero-order valence-corrected chi connectivity index (χ0v) is 12.1. The Kier molecular flexibility index (Phi) is 3.30. The zero-order valence-electron chi connectivity index (χ0n) is 11.3. The molecule has 1 aliphatic heterocycles. The Labute approximate surface area is 123 Å². The Balaban J connectivity index is 2.19. The molecule has 0 spiro atoms. The third-order valence-corrected chi connectivity index (χ3v) is 4.31. The first-order valence-corrected chi connectivity index (χ1v) is 7.24. The van der Waals surface area contributed by atoms with E-state index in [0.29, 0.717) is 17.3 Å². The van der Waals surface area contributed by atoms with Gasteiger partial charge in [-0.25, -0.2) is 4.99 Å². The van der Waals surface area contributed by atoms with Gasteiger partial charge in [0.25, 0.3) is 0 Å². The van der Waals surface area contributed by atoms with E-state index in [9.17, 15) is 4.79 Å². The second-order valence-corrected chi connectivity index (χ2v) is 5.85. The van der Waals surface area contributed by atoms with Crippen LogP contribution in [0.2, 0.25) is 5.02 Å². The first-order chi connectivity index (χ1) is 9.54. The van der Waals surface area contributed by atoms with Crippen LogP contribution in [0.15, 0.2) is 29.3 Å². The maximum atomic E-state index is 12.7. The van der Waals surface area contributed by atoms with Crippen LogP contribution in [0.3, 0.4) is 0 Å². The van der Waals surface area contributed by atoms with E-state index >= 15 is 0 Å². The number of nitrogens with two attached hydrogens (primary N) is 1. The molecule has 5 heteroatoms. The van der Waals surface area contributed by atoms with Gasteiger partial charge in [0.1, 0.15) is 0 Å². The average molecular weight is 293 g/mol.